The van der Waals surface area contributed by atoms with Gasteiger partial charge >= 0.3 is 0 Å². The van der Waals surface area contributed by atoms with Gasteiger partial charge in [-0.2, -0.15) is 0 Å². The molecular formula is C15H20N4O. The highest BCUT2D eigenvalue weighted by Gasteiger charge is 2.15. The lowest BCUT2D eigenvalue weighted by atomic mass is 10.3. The van der Waals surface area contributed by atoms with Crippen LogP contribution in [-0.4, -0.2) is 34.1 Å². The van der Waals surface area contributed by atoms with Crippen molar-refractivity contribution in [2.24, 2.45) is 0 Å². The van der Waals surface area contributed by atoms with E-state index in [-0.39, 0.29) is 0 Å². The molecule has 1 aromatic carbocycles. The zero-order valence-corrected chi connectivity index (χ0v) is 11.5. The third-order valence-electron chi connectivity index (χ3n) is 3.59. The molecule has 1 aliphatic rings. The fourth-order valence-electron chi connectivity index (χ4n) is 2.46. The number of nitrogens with two attached hydrogens (primary N) is 1. The molecule has 1 aliphatic heterocycles. The Hall–Kier alpha value is -2.01. The average molecular weight is 272 g/mol. The van der Waals surface area contributed by atoms with Gasteiger partial charge in [0.15, 0.2) is 0 Å². The van der Waals surface area contributed by atoms with E-state index < -0.39 is 0 Å². The summed E-state index contributed by atoms with van der Waals surface area (Å²) in [7, 11) is 0. The van der Waals surface area contributed by atoms with Crippen LogP contribution in [0.4, 0.5) is 5.69 Å². The maximum Gasteiger partial charge on any atom is 0.122 e. The zero-order chi connectivity index (χ0) is 13.8. The van der Waals surface area contributed by atoms with Crippen LogP contribution in [0.2, 0.25) is 0 Å². The molecule has 0 unspecified atom stereocenters. The quantitative estimate of drug-likeness (QED) is 0.665. The van der Waals surface area contributed by atoms with Crippen LogP contribution in [0, 0.1) is 0 Å². The highest BCUT2D eigenvalue weighted by atomic mass is 16.5. The molecule has 0 atom stereocenters. The summed E-state index contributed by atoms with van der Waals surface area (Å²) < 4.78 is 7.93. The first-order chi connectivity index (χ1) is 9.81. The second-order valence-electron chi connectivity index (χ2n) is 5.08. The van der Waals surface area contributed by atoms with Gasteiger partial charge in [-0.25, -0.2) is 4.98 Å². The lowest BCUT2D eigenvalue weighted by Crippen LogP contribution is -2.34. The topological polar surface area (TPSA) is 56.3 Å². The van der Waals surface area contributed by atoms with Crippen molar-refractivity contribution in [1.82, 2.24) is 14.5 Å². The van der Waals surface area contributed by atoms with Crippen LogP contribution < -0.4 is 10.5 Å². The molecular weight excluding hydrogens is 252 g/mol. The maximum absolute atomic E-state index is 5.70. The number of rotatable bonds is 5. The van der Waals surface area contributed by atoms with Crippen LogP contribution in [-0.2, 0) is 13.1 Å². The van der Waals surface area contributed by atoms with Gasteiger partial charge in [-0.1, -0.05) is 0 Å². The summed E-state index contributed by atoms with van der Waals surface area (Å²) >= 11 is 0. The van der Waals surface area contributed by atoms with Gasteiger partial charge in [0, 0.05) is 37.7 Å². The van der Waals surface area contributed by atoms with Gasteiger partial charge in [0.1, 0.15) is 11.6 Å². The number of imidazole rings is 1. The first kappa shape index (κ1) is 13.0. The molecule has 0 fully saturated rings. The Balaban J connectivity index is 1.39. The number of anilines is 1. The Morgan fingerprint density at radius 1 is 1.20 bits per heavy atom. The number of hydrogen-bond donors (Lipinski definition) is 1. The SMILES string of the molecule is Nc1ccc(OCCCN2CCn3ccnc3C2)cc1. The third kappa shape index (κ3) is 3.11. The Labute approximate surface area is 119 Å². The van der Waals surface area contributed by atoms with Crippen LogP contribution in [0.15, 0.2) is 36.7 Å². The molecule has 0 amide bonds. The van der Waals surface area contributed by atoms with Crippen molar-refractivity contribution in [2.45, 2.75) is 19.5 Å². The van der Waals surface area contributed by atoms with Crippen molar-refractivity contribution in [3.05, 3.63) is 42.5 Å². The maximum atomic E-state index is 5.70. The van der Waals surface area contributed by atoms with Crippen LogP contribution in [0.5, 0.6) is 5.75 Å². The van der Waals surface area contributed by atoms with Crippen molar-refractivity contribution in [1.29, 1.82) is 0 Å². The standard InChI is InChI=1S/C15H20N4O/c16-13-2-4-14(5-3-13)20-11-1-7-18-9-10-19-8-6-17-15(19)12-18/h2-6,8H,1,7,9-12,16H2. The van der Waals surface area contributed by atoms with Gasteiger partial charge in [-0.3, -0.25) is 4.90 Å². The van der Waals surface area contributed by atoms with Gasteiger partial charge in [-0.15, -0.1) is 0 Å². The summed E-state index contributed by atoms with van der Waals surface area (Å²) in [5.41, 5.74) is 6.40. The van der Waals surface area contributed by atoms with E-state index >= 15 is 0 Å². The molecule has 2 heterocycles. The summed E-state index contributed by atoms with van der Waals surface area (Å²) in [6.07, 6.45) is 4.95. The lowest BCUT2D eigenvalue weighted by Gasteiger charge is -2.27. The van der Waals surface area contributed by atoms with Gasteiger partial charge in [-0.05, 0) is 30.7 Å². The second-order valence-corrected chi connectivity index (χ2v) is 5.08. The molecule has 2 aromatic rings. The Morgan fingerprint density at radius 2 is 2.05 bits per heavy atom. The fraction of sp³-hybridized carbons (Fsp3) is 0.400. The molecule has 0 saturated carbocycles. The van der Waals surface area contributed by atoms with Crippen LogP contribution in [0.3, 0.4) is 0 Å². The molecule has 106 valence electrons. The number of benzene rings is 1. The first-order valence-corrected chi connectivity index (χ1v) is 7.02. The molecule has 0 saturated heterocycles. The average Bonchev–Trinajstić information content (AvgIpc) is 2.93. The number of aromatic nitrogens is 2. The molecule has 1 aromatic heterocycles. The van der Waals surface area contributed by atoms with E-state index in [0.717, 1.165) is 56.5 Å². The normalized spacial score (nSPS) is 15.0. The predicted octanol–water partition coefficient (Wildman–Crippen LogP) is 1.75. The molecule has 0 radical (unpaired) electrons. The summed E-state index contributed by atoms with van der Waals surface area (Å²) in [6, 6.07) is 7.54. The van der Waals surface area contributed by atoms with Gasteiger partial charge in [0.2, 0.25) is 0 Å². The summed E-state index contributed by atoms with van der Waals surface area (Å²) in [5, 5.41) is 0. The minimum Gasteiger partial charge on any atom is -0.494 e. The third-order valence-corrected chi connectivity index (χ3v) is 3.59. The molecule has 0 spiro atoms. The van der Waals surface area contributed by atoms with Gasteiger partial charge < -0.3 is 15.0 Å². The zero-order valence-electron chi connectivity index (χ0n) is 11.5. The molecule has 0 bridgehead atoms. The monoisotopic (exact) mass is 272 g/mol. The lowest BCUT2D eigenvalue weighted by molar-refractivity contribution is 0.195. The fourth-order valence-corrected chi connectivity index (χ4v) is 2.46. The molecule has 20 heavy (non-hydrogen) atoms. The highest BCUT2D eigenvalue weighted by Crippen LogP contribution is 2.14. The van der Waals surface area contributed by atoms with Crippen molar-refractivity contribution >= 4 is 5.69 Å². The van der Waals surface area contributed by atoms with Crippen molar-refractivity contribution < 1.29 is 4.74 Å². The Morgan fingerprint density at radius 3 is 2.90 bits per heavy atom. The van der Waals surface area contributed by atoms with E-state index in [0.29, 0.717) is 0 Å². The molecule has 5 nitrogen and oxygen atoms in total. The van der Waals surface area contributed by atoms with Gasteiger partial charge in [0.25, 0.3) is 0 Å². The highest BCUT2D eigenvalue weighted by molar-refractivity contribution is 5.41. The Bertz CT molecular complexity index is 549. The number of fused-ring (bicyclic) bond motifs is 1. The van der Waals surface area contributed by atoms with Gasteiger partial charge in [0.05, 0.1) is 13.2 Å². The van der Waals surface area contributed by atoms with Crippen LogP contribution in [0.1, 0.15) is 12.2 Å². The summed E-state index contributed by atoms with van der Waals surface area (Å²) in [4.78, 5) is 6.79. The number of ether oxygens (including phenoxy) is 1. The second kappa shape index (κ2) is 5.96. The van der Waals surface area contributed by atoms with E-state index in [1.165, 1.54) is 0 Å². The van der Waals surface area contributed by atoms with E-state index in [1.54, 1.807) is 0 Å². The molecule has 0 aliphatic carbocycles. The molecule has 2 N–H and O–H groups in total. The largest absolute Gasteiger partial charge is 0.494 e. The van der Waals surface area contributed by atoms with Crippen LogP contribution in [0.25, 0.3) is 0 Å². The molecule has 3 rings (SSSR count). The number of nitrogen functional groups attached to an aromatic ring is 1. The van der Waals surface area contributed by atoms with Crippen molar-refractivity contribution in [3.8, 4) is 5.75 Å². The predicted molar refractivity (Wildman–Crippen MR) is 78.5 cm³/mol. The first-order valence-electron chi connectivity index (χ1n) is 7.02. The summed E-state index contributed by atoms with van der Waals surface area (Å²) in [5.74, 6) is 2.05. The Kier molecular flexibility index (Phi) is 3.87. The number of hydrogen-bond acceptors (Lipinski definition) is 4. The molecule has 5 heteroatoms. The van der Waals surface area contributed by atoms with Crippen molar-refractivity contribution in [3.63, 3.8) is 0 Å². The van der Waals surface area contributed by atoms with E-state index in [4.69, 9.17) is 10.5 Å². The van der Waals surface area contributed by atoms with Crippen molar-refractivity contribution in [2.75, 3.05) is 25.4 Å². The van der Waals surface area contributed by atoms with E-state index in [2.05, 4.69) is 20.6 Å². The summed E-state index contributed by atoms with van der Waals surface area (Å²) in [6.45, 7) is 4.84. The van der Waals surface area contributed by atoms with E-state index in [9.17, 15) is 0 Å². The minimum absolute atomic E-state index is 0.731. The minimum atomic E-state index is 0.731. The van der Waals surface area contributed by atoms with E-state index in [1.807, 2.05) is 30.5 Å². The smallest absolute Gasteiger partial charge is 0.122 e. The number of nitrogens with zero attached hydrogens (tertiary/aromatic N) is 3. The van der Waals surface area contributed by atoms with Crippen LogP contribution >= 0.6 is 0 Å².